The van der Waals surface area contributed by atoms with Gasteiger partial charge >= 0.3 is 6.03 Å². The Morgan fingerprint density at radius 1 is 0.971 bits per heavy atom. The predicted octanol–water partition coefficient (Wildman–Crippen LogP) is 6.31. The fraction of sp³-hybridized carbons (Fsp3) is 0.0800. The van der Waals surface area contributed by atoms with Crippen molar-refractivity contribution in [3.63, 3.8) is 0 Å². The first-order valence-electron chi connectivity index (χ1n) is 10.1. The van der Waals surface area contributed by atoms with Gasteiger partial charge in [-0.15, -0.1) is 0 Å². The van der Waals surface area contributed by atoms with Crippen LogP contribution >= 0.6 is 39.1 Å². The van der Waals surface area contributed by atoms with E-state index in [-0.39, 0.29) is 12.2 Å². The van der Waals surface area contributed by atoms with E-state index in [1.54, 1.807) is 55.5 Å². The Labute approximate surface area is 214 Å². The molecule has 0 bridgehead atoms. The van der Waals surface area contributed by atoms with Crippen molar-refractivity contribution >= 4 is 68.7 Å². The lowest BCUT2D eigenvalue weighted by Gasteiger charge is -2.27. The summed E-state index contributed by atoms with van der Waals surface area (Å²) < 4.78 is 6.72. The topological polar surface area (TPSA) is 75.7 Å². The van der Waals surface area contributed by atoms with Crippen LogP contribution in [0.2, 0.25) is 10.0 Å². The zero-order valence-corrected chi connectivity index (χ0v) is 20.9. The summed E-state index contributed by atoms with van der Waals surface area (Å²) >= 11 is 15.5. The normalized spacial score (nSPS) is 15.0. The standard InChI is InChI=1S/C25H17BrCl2N2O4/c1-14-10-17(26)4-8-21(14)30-24(32)20(23(31)29-25(30)33)12-16-11-19(28)7-9-22(16)34-13-15-2-5-18(27)6-3-15/h2-12H,13H2,1H3,(H,29,31,33)/b20-12-. The molecular formula is C25H17BrCl2N2O4. The molecule has 0 atom stereocenters. The van der Waals surface area contributed by atoms with Crippen LogP contribution in [0.4, 0.5) is 10.5 Å². The van der Waals surface area contributed by atoms with Crippen molar-refractivity contribution in [1.82, 2.24) is 5.32 Å². The van der Waals surface area contributed by atoms with E-state index >= 15 is 0 Å². The summed E-state index contributed by atoms with van der Waals surface area (Å²) in [5.74, 6) is -1.14. The summed E-state index contributed by atoms with van der Waals surface area (Å²) in [5, 5.41) is 3.24. The van der Waals surface area contributed by atoms with Crippen LogP contribution in [0.5, 0.6) is 5.75 Å². The Kier molecular flexibility index (Phi) is 7.07. The highest BCUT2D eigenvalue weighted by Crippen LogP contribution is 2.30. The van der Waals surface area contributed by atoms with Gasteiger partial charge in [0.05, 0.1) is 5.69 Å². The van der Waals surface area contributed by atoms with E-state index in [1.807, 2.05) is 12.1 Å². The molecule has 0 aliphatic carbocycles. The molecule has 1 aliphatic rings. The molecule has 3 aromatic carbocycles. The number of aryl methyl sites for hydroxylation is 1. The number of amides is 4. The molecule has 0 spiro atoms. The van der Waals surface area contributed by atoms with E-state index in [0.717, 1.165) is 14.9 Å². The third-order valence-electron chi connectivity index (χ3n) is 5.08. The highest BCUT2D eigenvalue weighted by Gasteiger charge is 2.37. The Balaban J connectivity index is 1.68. The van der Waals surface area contributed by atoms with Crippen LogP contribution in [-0.4, -0.2) is 17.8 Å². The highest BCUT2D eigenvalue weighted by atomic mass is 79.9. The van der Waals surface area contributed by atoms with Crippen LogP contribution < -0.4 is 15.0 Å². The lowest BCUT2D eigenvalue weighted by molar-refractivity contribution is -0.122. The first-order valence-corrected chi connectivity index (χ1v) is 11.6. The number of urea groups is 1. The fourth-order valence-corrected chi connectivity index (χ4v) is 4.19. The first kappa shape index (κ1) is 24.0. The second-order valence-corrected chi connectivity index (χ2v) is 9.27. The van der Waals surface area contributed by atoms with Crippen molar-refractivity contribution < 1.29 is 19.1 Å². The van der Waals surface area contributed by atoms with Crippen LogP contribution in [0.15, 0.2) is 70.7 Å². The Morgan fingerprint density at radius 2 is 1.68 bits per heavy atom. The summed E-state index contributed by atoms with van der Waals surface area (Å²) in [5.41, 5.74) is 2.13. The molecule has 172 valence electrons. The van der Waals surface area contributed by atoms with E-state index < -0.39 is 17.8 Å². The van der Waals surface area contributed by atoms with Crippen molar-refractivity contribution in [2.24, 2.45) is 0 Å². The predicted molar refractivity (Wildman–Crippen MR) is 135 cm³/mol. The number of benzene rings is 3. The SMILES string of the molecule is Cc1cc(Br)ccc1N1C(=O)NC(=O)/C(=C/c2cc(Cl)ccc2OCc2ccc(Cl)cc2)C1=O. The summed E-state index contributed by atoms with van der Waals surface area (Å²) in [6, 6.07) is 16.3. The molecule has 1 fully saturated rings. The van der Waals surface area contributed by atoms with Crippen molar-refractivity contribution in [3.8, 4) is 5.75 Å². The zero-order chi connectivity index (χ0) is 24.4. The Hall–Kier alpha value is -3.13. The third-order valence-corrected chi connectivity index (χ3v) is 6.06. The smallest absolute Gasteiger partial charge is 0.335 e. The number of rotatable bonds is 5. The van der Waals surface area contributed by atoms with Crippen molar-refractivity contribution in [2.45, 2.75) is 13.5 Å². The number of imide groups is 2. The maximum absolute atomic E-state index is 13.3. The monoisotopic (exact) mass is 558 g/mol. The number of halogens is 3. The minimum Gasteiger partial charge on any atom is -0.488 e. The molecule has 0 saturated carbocycles. The number of hydrogen-bond donors (Lipinski definition) is 1. The van der Waals surface area contributed by atoms with Crippen LogP contribution in [0.1, 0.15) is 16.7 Å². The van der Waals surface area contributed by atoms with Gasteiger partial charge in [0.25, 0.3) is 11.8 Å². The molecule has 3 aromatic rings. The van der Waals surface area contributed by atoms with Gasteiger partial charge in [0.2, 0.25) is 0 Å². The third kappa shape index (κ3) is 5.17. The minimum atomic E-state index is -0.817. The van der Waals surface area contributed by atoms with Gasteiger partial charge in [-0.25, -0.2) is 9.69 Å². The molecule has 34 heavy (non-hydrogen) atoms. The highest BCUT2D eigenvalue weighted by molar-refractivity contribution is 9.10. The molecular weight excluding hydrogens is 543 g/mol. The van der Waals surface area contributed by atoms with Crippen molar-refractivity contribution in [3.05, 3.63) is 97.4 Å². The Bertz CT molecular complexity index is 1340. The molecule has 4 rings (SSSR count). The molecule has 0 radical (unpaired) electrons. The van der Waals surface area contributed by atoms with Crippen LogP contribution in [0, 0.1) is 6.92 Å². The zero-order valence-electron chi connectivity index (χ0n) is 17.8. The van der Waals surface area contributed by atoms with Gasteiger partial charge in [0.15, 0.2) is 0 Å². The number of carbonyl (C=O) groups is 3. The van der Waals surface area contributed by atoms with Crippen molar-refractivity contribution in [1.29, 1.82) is 0 Å². The van der Waals surface area contributed by atoms with Gasteiger partial charge in [-0.05, 0) is 72.7 Å². The average Bonchev–Trinajstić information content (AvgIpc) is 2.78. The second-order valence-electron chi connectivity index (χ2n) is 7.49. The number of nitrogens with one attached hydrogen (secondary N) is 1. The Morgan fingerprint density at radius 3 is 2.38 bits per heavy atom. The van der Waals surface area contributed by atoms with Gasteiger partial charge in [-0.2, -0.15) is 0 Å². The van der Waals surface area contributed by atoms with Crippen molar-refractivity contribution in [2.75, 3.05) is 4.90 Å². The lowest BCUT2D eigenvalue weighted by Crippen LogP contribution is -2.54. The van der Waals surface area contributed by atoms with Crippen LogP contribution in [0.3, 0.4) is 0 Å². The largest absolute Gasteiger partial charge is 0.488 e. The lowest BCUT2D eigenvalue weighted by atomic mass is 10.0. The van der Waals surface area contributed by atoms with Crippen LogP contribution in [-0.2, 0) is 16.2 Å². The molecule has 1 saturated heterocycles. The maximum Gasteiger partial charge on any atom is 0.335 e. The maximum atomic E-state index is 13.3. The molecule has 0 unspecified atom stereocenters. The van der Waals surface area contributed by atoms with E-state index in [0.29, 0.717) is 32.6 Å². The number of anilines is 1. The molecule has 1 heterocycles. The summed E-state index contributed by atoms with van der Waals surface area (Å²) in [7, 11) is 0. The van der Waals surface area contributed by atoms with E-state index in [2.05, 4.69) is 21.2 Å². The molecule has 6 nitrogen and oxygen atoms in total. The van der Waals surface area contributed by atoms with Gasteiger partial charge in [-0.3, -0.25) is 14.9 Å². The molecule has 1 N–H and O–H groups in total. The minimum absolute atomic E-state index is 0.222. The second kappa shape index (κ2) is 10.0. The average molecular weight is 560 g/mol. The molecule has 0 aromatic heterocycles. The quantitative estimate of drug-likeness (QED) is 0.293. The molecule has 1 aliphatic heterocycles. The van der Waals surface area contributed by atoms with E-state index in [1.165, 1.54) is 6.08 Å². The number of nitrogens with zero attached hydrogens (tertiary/aromatic N) is 1. The molecule has 9 heteroatoms. The number of hydrogen-bond acceptors (Lipinski definition) is 4. The summed E-state index contributed by atoms with van der Waals surface area (Å²) in [6.45, 7) is 2.00. The number of carbonyl (C=O) groups excluding carboxylic acids is 3. The van der Waals surface area contributed by atoms with E-state index in [4.69, 9.17) is 27.9 Å². The fourth-order valence-electron chi connectivity index (χ4n) is 3.41. The number of ether oxygens (including phenoxy) is 1. The van der Waals surface area contributed by atoms with Gasteiger partial charge < -0.3 is 4.74 Å². The summed E-state index contributed by atoms with van der Waals surface area (Å²) in [4.78, 5) is 39.3. The van der Waals surface area contributed by atoms with Crippen LogP contribution in [0.25, 0.3) is 6.08 Å². The van der Waals surface area contributed by atoms with Gasteiger partial charge in [-0.1, -0.05) is 51.3 Å². The number of barbiturate groups is 1. The van der Waals surface area contributed by atoms with E-state index in [9.17, 15) is 14.4 Å². The molecule has 4 amide bonds. The van der Waals surface area contributed by atoms with Gasteiger partial charge in [0, 0.05) is 20.1 Å². The van der Waals surface area contributed by atoms with Gasteiger partial charge in [0.1, 0.15) is 17.9 Å². The summed E-state index contributed by atoms with van der Waals surface area (Å²) in [6.07, 6.45) is 1.37. The first-order chi connectivity index (χ1) is 16.2.